The number of thiophene rings is 2. The maximum absolute atomic E-state index is 13.4. The number of ether oxygens (including phenoxy) is 2. The van der Waals surface area contributed by atoms with E-state index in [1.807, 2.05) is 52.8 Å². The van der Waals surface area contributed by atoms with Crippen LogP contribution in [-0.2, 0) is 27.0 Å². The zero-order valence-corrected chi connectivity index (χ0v) is 30.5. The van der Waals surface area contributed by atoms with Gasteiger partial charge in [0.05, 0.1) is 15.3 Å². The van der Waals surface area contributed by atoms with Gasteiger partial charge in [0.25, 0.3) is 0 Å². The van der Waals surface area contributed by atoms with E-state index in [-0.39, 0.29) is 16.7 Å². The average molecular weight is 749 g/mol. The van der Waals surface area contributed by atoms with Crippen molar-refractivity contribution in [3.8, 4) is 32.4 Å². The summed E-state index contributed by atoms with van der Waals surface area (Å²) in [7, 11) is 0. The Balaban J connectivity index is 1.13. The number of alkyl halides is 3. The molecule has 0 fully saturated rings. The van der Waals surface area contributed by atoms with Gasteiger partial charge in [0.15, 0.2) is 0 Å². The number of aryl methyl sites for hydroxylation is 1. The lowest BCUT2D eigenvalue weighted by Gasteiger charge is -2.38. The topological polar surface area (TPSA) is 86.7 Å². The van der Waals surface area contributed by atoms with Crippen molar-refractivity contribution in [2.45, 2.75) is 52.0 Å². The van der Waals surface area contributed by atoms with Crippen LogP contribution in [0.1, 0.15) is 91.5 Å². The Morgan fingerprint density at radius 2 is 1.02 bits per heavy atom. The first-order valence-corrected chi connectivity index (χ1v) is 18.3. The number of fused-ring (bicyclic) bond motifs is 8. The number of ketones is 4. The van der Waals surface area contributed by atoms with Gasteiger partial charge in [-0.3, -0.25) is 19.2 Å². The Bertz CT molecular complexity index is 2650. The molecule has 4 heterocycles. The zero-order chi connectivity index (χ0) is 37.5. The first kappa shape index (κ1) is 33.4. The van der Waals surface area contributed by atoms with Crippen LogP contribution in [0.25, 0.3) is 44.2 Å². The van der Waals surface area contributed by atoms with Crippen molar-refractivity contribution in [3.63, 3.8) is 0 Å². The number of allylic oxidation sites excluding steroid dienone is 2. The van der Waals surface area contributed by atoms with Gasteiger partial charge in [0.2, 0.25) is 23.1 Å². The van der Waals surface area contributed by atoms with E-state index in [9.17, 15) is 32.3 Å². The number of hydrogen-bond donors (Lipinski definition) is 0. The van der Waals surface area contributed by atoms with Crippen LogP contribution < -0.4 is 9.47 Å². The summed E-state index contributed by atoms with van der Waals surface area (Å²) in [5.41, 5.74) is 3.43. The van der Waals surface area contributed by atoms with Gasteiger partial charge in [-0.2, -0.15) is 13.2 Å². The minimum Gasteiger partial charge on any atom is -0.482 e. The molecule has 2 aliphatic heterocycles. The van der Waals surface area contributed by atoms with Crippen LogP contribution in [0.2, 0.25) is 0 Å². The Morgan fingerprint density at radius 1 is 0.566 bits per heavy atom. The van der Waals surface area contributed by atoms with Crippen molar-refractivity contribution in [2.75, 3.05) is 0 Å². The van der Waals surface area contributed by atoms with Crippen LogP contribution in [0.15, 0.2) is 60.7 Å². The highest BCUT2D eigenvalue weighted by Gasteiger charge is 2.42. The van der Waals surface area contributed by atoms with Crippen molar-refractivity contribution in [3.05, 3.63) is 115 Å². The standard InChI is InChI=1S/C42H27F3O6S2/c1-18-6-8-22-24(10-18)34(46)36(48)26(22)12-20-14-32-38(52-20)28-16-31-29(17-30(28)40(2,3)50-32)39-33(51-41(31,4)5)15-21(53-39)13-27-23-9-7-19(42(43,44)45)11-25(23)35(47)37(27)49/h6-17H,1-5H3/b26-12-,27-13-. The molecule has 11 heteroatoms. The number of halogens is 3. The monoisotopic (exact) mass is 748 g/mol. The summed E-state index contributed by atoms with van der Waals surface area (Å²) >= 11 is 2.82. The summed E-state index contributed by atoms with van der Waals surface area (Å²) in [5, 5.41) is 0. The Labute approximate surface area is 309 Å². The number of benzene rings is 3. The lowest BCUT2D eigenvalue weighted by atomic mass is 9.81. The minimum atomic E-state index is -4.65. The molecule has 0 N–H and O–H groups in total. The van der Waals surface area contributed by atoms with E-state index in [1.54, 1.807) is 24.3 Å². The van der Waals surface area contributed by atoms with Crippen molar-refractivity contribution in [2.24, 2.45) is 0 Å². The number of hydrogen-bond acceptors (Lipinski definition) is 8. The smallest absolute Gasteiger partial charge is 0.416 e. The van der Waals surface area contributed by atoms with E-state index in [0.717, 1.165) is 54.6 Å². The number of carbonyl (C=O) groups excluding carboxylic acids is 4. The van der Waals surface area contributed by atoms with Crippen molar-refractivity contribution < 1.29 is 41.8 Å². The highest BCUT2D eigenvalue weighted by Crippen LogP contribution is 2.56. The van der Waals surface area contributed by atoms with Gasteiger partial charge in [0.1, 0.15) is 22.7 Å². The van der Waals surface area contributed by atoms with Crippen molar-refractivity contribution in [1.29, 1.82) is 0 Å². The number of carbonyl (C=O) groups is 4. The van der Waals surface area contributed by atoms with Gasteiger partial charge >= 0.3 is 6.18 Å². The first-order valence-electron chi connectivity index (χ1n) is 16.7. The molecule has 6 nitrogen and oxygen atoms in total. The maximum Gasteiger partial charge on any atom is 0.416 e. The predicted molar refractivity (Wildman–Crippen MR) is 197 cm³/mol. The summed E-state index contributed by atoms with van der Waals surface area (Å²) in [4.78, 5) is 54.7. The third-order valence-electron chi connectivity index (χ3n) is 10.2. The van der Waals surface area contributed by atoms with Gasteiger partial charge < -0.3 is 9.47 Å². The van der Waals surface area contributed by atoms with E-state index in [2.05, 4.69) is 12.1 Å². The molecule has 4 aliphatic rings. The number of rotatable bonds is 2. The highest BCUT2D eigenvalue weighted by molar-refractivity contribution is 7.17. The van der Waals surface area contributed by atoms with Crippen molar-refractivity contribution >= 4 is 69.1 Å². The van der Waals surface area contributed by atoms with Crippen molar-refractivity contribution in [1.82, 2.24) is 0 Å². The van der Waals surface area contributed by atoms with E-state index in [0.29, 0.717) is 33.1 Å². The minimum absolute atomic E-state index is 0.0371. The molecule has 5 aromatic rings. The Kier molecular flexibility index (Phi) is 6.84. The van der Waals surface area contributed by atoms with Crippen LogP contribution in [0.4, 0.5) is 13.2 Å². The predicted octanol–water partition coefficient (Wildman–Crippen LogP) is 10.3. The molecule has 9 rings (SSSR count). The summed E-state index contributed by atoms with van der Waals surface area (Å²) < 4.78 is 53.2. The molecule has 0 saturated heterocycles. The lowest BCUT2D eigenvalue weighted by Crippen LogP contribution is -2.32. The van der Waals surface area contributed by atoms with Crippen LogP contribution in [-0.4, -0.2) is 23.1 Å². The molecule has 0 bridgehead atoms. The highest BCUT2D eigenvalue weighted by atomic mass is 32.1. The molecule has 2 aromatic heterocycles. The molecular formula is C42H27F3O6S2. The van der Waals surface area contributed by atoms with Crippen LogP contribution in [0, 0.1) is 6.92 Å². The average Bonchev–Trinajstić information content (AvgIpc) is 3.80. The molecule has 53 heavy (non-hydrogen) atoms. The Morgan fingerprint density at radius 3 is 1.49 bits per heavy atom. The molecule has 0 saturated carbocycles. The van der Waals surface area contributed by atoms with Gasteiger partial charge in [-0.25, -0.2) is 0 Å². The second-order valence-corrected chi connectivity index (χ2v) is 16.8. The first-order chi connectivity index (χ1) is 24.9. The second kappa shape index (κ2) is 10.8. The van der Waals surface area contributed by atoms with E-state index >= 15 is 0 Å². The normalized spacial score (nSPS) is 19.0. The SMILES string of the molecule is Cc1ccc2c(c1)C(=O)C(=O)/C2=C\c1cc2c(s1)-c1cc3c(cc1C(C)(C)O2)-c1sc(/C=C2\C(=O)C(=O)c4cc(C(F)(F)F)ccc42)cc1OC3(C)C. The molecule has 264 valence electrons. The van der Waals surface area contributed by atoms with Gasteiger partial charge in [-0.1, -0.05) is 23.8 Å². The summed E-state index contributed by atoms with van der Waals surface area (Å²) in [6, 6.07) is 16.1. The van der Waals surface area contributed by atoms with Crippen LogP contribution in [0.3, 0.4) is 0 Å². The van der Waals surface area contributed by atoms with E-state index in [1.165, 1.54) is 28.7 Å². The molecule has 0 unspecified atom stereocenters. The quantitative estimate of drug-likeness (QED) is 0.132. The lowest BCUT2D eigenvalue weighted by molar-refractivity contribution is -0.137. The van der Waals surface area contributed by atoms with Crippen LogP contribution >= 0.6 is 22.7 Å². The summed E-state index contributed by atoms with van der Waals surface area (Å²) in [5.74, 6) is -1.62. The van der Waals surface area contributed by atoms with E-state index < -0.39 is 46.1 Å². The van der Waals surface area contributed by atoms with E-state index in [4.69, 9.17) is 9.47 Å². The third-order valence-corrected chi connectivity index (χ3v) is 12.4. The molecule has 0 atom stereocenters. The molecular weight excluding hydrogens is 722 g/mol. The zero-order valence-electron chi connectivity index (χ0n) is 28.8. The maximum atomic E-state index is 13.4. The van der Waals surface area contributed by atoms with Gasteiger partial charge in [-0.05, 0) is 100 Å². The molecule has 3 aromatic carbocycles. The summed E-state index contributed by atoms with van der Waals surface area (Å²) in [6.45, 7) is 9.76. The summed E-state index contributed by atoms with van der Waals surface area (Å²) in [6.07, 6.45) is -1.35. The third kappa shape index (κ3) is 4.97. The molecule has 0 spiro atoms. The molecule has 0 amide bonds. The van der Waals surface area contributed by atoms with Gasteiger partial charge in [0, 0.05) is 54.3 Å². The fraction of sp³-hybridized carbons (Fsp3) is 0.190. The second-order valence-electron chi connectivity index (χ2n) is 14.6. The Hall–Kier alpha value is -5.39. The molecule has 2 aliphatic carbocycles. The fourth-order valence-corrected chi connectivity index (χ4v) is 9.73. The number of Topliss-reactive ketones (excluding diaryl/α,β-unsaturated/α-hetero) is 4. The largest absolute Gasteiger partial charge is 0.482 e. The van der Waals surface area contributed by atoms with Crippen LogP contribution in [0.5, 0.6) is 11.5 Å². The fourth-order valence-electron chi connectivity index (χ4n) is 7.61. The van der Waals surface area contributed by atoms with Gasteiger partial charge in [-0.15, -0.1) is 22.7 Å². The molecule has 0 radical (unpaired) electrons.